The third kappa shape index (κ3) is 4.43. The average molecular weight is 472 g/mol. The lowest BCUT2D eigenvalue weighted by atomic mass is 9.97. The Hall–Kier alpha value is -3.07. The molecule has 0 aromatic heterocycles. The van der Waals surface area contributed by atoms with Crippen molar-refractivity contribution in [1.29, 1.82) is 0 Å². The van der Waals surface area contributed by atoms with Crippen LogP contribution < -0.4 is 19.6 Å². The molecule has 7 nitrogen and oxygen atoms in total. The minimum absolute atomic E-state index is 0.0397. The lowest BCUT2D eigenvalue weighted by Gasteiger charge is -2.26. The summed E-state index contributed by atoms with van der Waals surface area (Å²) in [7, 11) is -0.561. The van der Waals surface area contributed by atoms with Gasteiger partial charge in [0.05, 0.1) is 36.6 Å². The van der Waals surface area contributed by atoms with Crippen LogP contribution in [0.5, 0.6) is 11.5 Å². The highest BCUT2D eigenvalue weighted by Crippen LogP contribution is 2.41. The second-order valence-electron chi connectivity index (χ2n) is 7.26. The molecule has 166 valence electrons. The number of nitrogens with zero attached hydrogens (tertiary/aromatic N) is 2. The second kappa shape index (κ2) is 8.82. The van der Waals surface area contributed by atoms with Crippen molar-refractivity contribution in [2.45, 2.75) is 17.4 Å². The Balaban J connectivity index is 1.80. The number of benzene rings is 3. The Morgan fingerprint density at radius 3 is 2.28 bits per heavy atom. The highest BCUT2D eigenvalue weighted by molar-refractivity contribution is 7.89. The maximum absolute atomic E-state index is 11.7. The van der Waals surface area contributed by atoms with E-state index < -0.39 is 10.0 Å². The van der Waals surface area contributed by atoms with Gasteiger partial charge in [0.15, 0.2) is 0 Å². The van der Waals surface area contributed by atoms with E-state index in [2.05, 4.69) is 0 Å². The zero-order valence-corrected chi connectivity index (χ0v) is 19.1. The van der Waals surface area contributed by atoms with E-state index in [0.29, 0.717) is 22.9 Å². The van der Waals surface area contributed by atoms with Crippen molar-refractivity contribution < 1.29 is 17.9 Å². The molecule has 0 bridgehead atoms. The summed E-state index contributed by atoms with van der Waals surface area (Å²) in [5.41, 5.74) is 3.43. The lowest BCUT2D eigenvalue weighted by Crippen LogP contribution is -2.19. The normalized spacial score (nSPS) is 16.1. The first-order valence-electron chi connectivity index (χ1n) is 9.77. The molecule has 0 fully saturated rings. The van der Waals surface area contributed by atoms with Crippen molar-refractivity contribution in [3.05, 3.63) is 82.9 Å². The molecule has 0 saturated carbocycles. The molecule has 1 atom stereocenters. The second-order valence-corrected chi connectivity index (χ2v) is 9.26. The van der Waals surface area contributed by atoms with Gasteiger partial charge in [-0.1, -0.05) is 23.7 Å². The van der Waals surface area contributed by atoms with Crippen LogP contribution in [0.4, 0.5) is 5.69 Å². The van der Waals surface area contributed by atoms with Gasteiger partial charge in [0.1, 0.15) is 11.5 Å². The summed E-state index contributed by atoms with van der Waals surface area (Å²) in [6.45, 7) is 0. The van der Waals surface area contributed by atoms with E-state index in [1.165, 1.54) is 12.1 Å². The van der Waals surface area contributed by atoms with E-state index >= 15 is 0 Å². The predicted octanol–water partition coefficient (Wildman–Crippen LogP) is 4.36. The van der Waals surface area contributed by atoms with Gasteiger partial charge < -0.3 is 9.47 Å². The van der Waals surface area contributed by atoms with Crippen LogP contribution in [0, 0.1) is 0 Å². The van der Waals surface area contributed by atoms with Crippen LogP contribution in [0.25, 0.3) is 0 Å². The SMILES string of the molecule is COc1ccc(OC)c(C2CC(c3ccc(Cl)cc3)=NN2c2ccc(S(N)(=O)=O)cc2)c1. The fourth-order valence-electron chi connectivity index (χ4n) is 3.70. The molecule has 32 heavy (non-hydrogen) atoms. The Bertz CT molecular complexity index is 1260. The third-order valence-electron chi connectivity index (χ3n) is 5.31. The summed E-state index contributed by atoms with van der Waals surface area (Å²) in [5, 5.41) is 12.6. The Morgan fingerprint density at radius 1 is 1.00 bits per heavy atom. The van der Waals surface area contributed by atoms with Gasteiger partial charge in [0.25, 0.3) is 0 Å². The predicted molar refractivity (Wildman–Crippen MR) is 125 cm³/mol. The molecule has 0 saturated heterocycles. The van der Waals surface area contributed by atoms with Crippen molar-refractivity contribution >= 4 is 33.0 Å². The molecular formula is C23H22ClN3O4S. The Morgan fingerprint density at radius 2 is 1.69 bits per heavy atom. The summed E-state index contributed by atoms with van der Waals surface area (Å²) in [4.78, 5) is 0.0397. The fraction of sp³-hybridized carbons (Fsp3) is 0.174. The van der Waals surface area contributed by atoms with Crippen LogP contribution in [0.15, 0.2) is 76.7 Å². The van der Waals surface area contributed by atoms with Crippen LogP contribution in [0.2, 0.25) is 5.02 Å². The van der Waals surface area contributed by atoms with E-state index in [1.807, 2.05) is 47.5 Å². The smallest absolute Gasteiger partial charge is 0.238 e. The first-order chi connectivity index (χ1) is 15.3. The maximum Gasteiger partial charge on any atom is 0.238 e. The van der Waals surface area contributed by atoms with Crippen molar-refractivity contribution in [3.8, 4) is 11.5 Å². The van der Waals surface area contributed by atoms with Gasteiger partial charge in [-0.05, 0) is 60.2 Å². The van der Waals surface area contributed by atoms with Gasteiger partial charge >= 0.3 is 0 Å². The quantitative estimate of drug-likeness (QED) is 0.576. The molecular weight excluding hydrogens is 450 g/mol. The van der Waals surface area contributed by atoms with Crippen molar-refractivity contribution in [2.24, 2.45) is 10.2 Å². The topological polar surface area (TPSA) is 94.2 Å². The number of ether oxygens (including phenoxy) is 2. The molecule has 0 spiro atoms. The molecule has 4 rings (SSSR count). The molecule has 3 aromatic carbocycles. The molecule has 3 aromatic rings. The van der Waals surface area contributed by atoms with Gasteiger partial charge in [0.2, 0.25) is 10.0 Å². The summed E-state index contributed by atoms with van der Waals surface area (Å²) in [6.07, 6.45) is 0.599. The van der Waals surface area contributed by atoms with E-state index in [1.54, 1.807) is 26.4 Å². The number of hydrogen-bond donors (Lipinski definition) is 1. The van der Waals surface area contributed by atoms with Crippen LogP contribution >= 0.6 is 11.6 Å². The monoisotopic (exact) mass is 471 g/mol. The first-order valence-corrected chi connectivity index (χ1v) is 11.7. The minimum atomic E-state index is -3.79. The average Bonchev–Trinajstić information content (AvgIpc) is 3.24. The highest BCUT2D eigenvalue weighted by atomic mass is 35.5. The van der Waals surface area contributed by atoms with Crippen molar-refractivity contribution in [2.75, 3.05) is 19.2 Å². The van der Waals surface area contributed by atoms with Crippen LogP contribution in [-0.2, 0) is 10.0 Å². The number of hydrogen-bond acceptors (Lipinski definition) is 6. The molecule has 1 aliphatic heterocycles. The molecule has 1 aliphatic rings. The van der Waals surface area contributed by atoms with Crippen LogP contribution in [0.3, 0.4) is 0 Å². The molecule has 1 unspecified atom stereocenters. The van der Waals surface area contributed by atoms with Crippen LogP contribution in [0.1, 0.15) is 23.6 Å². The summed E-state index contributed by atoms with van der Waals surface area (Å²) in [5.74, 6) is 1.40. The zero-order valence-electron chi connectivity index (χ0n) is 17.5. The number of rotatable bonds is 6. The fourth-order valence-corrected chi connectivity index (χ4v) is 4.34. The molecule has 0 amide bonds. The number of methoxy groups -OCH3 is 2. The zero-order chi connectivity index (χ0) is 22.9. The number of sulfonamides is 1. The Labute approximate surface area is 192 Å². The lowest BCUT2D eigenvalue weighted by molar-refractivity contribution is 0.395. The molecule has 9 heteroatoms. The van der Waals surface area contributed by atoms with E-state index in [9.17, 15) is 8.42 Å². The molecule has 1 heterocycles. The Kier molecular flexibility index (Phi) is 6.10. The molecule has 0 aliphatic carbocycles. The number of halogens is 1. The number of nitrogens with two attached hydrogens (primary N) is 1. The molecule has 2 N–H and O–H groups in total. The van der Waals surface area contributed by atoms with Crippen molar-refractivity contribution in [3.63, 3.8) is 0 Å². The number of primary sulfonamides is 1. The van der Waals surface area contributed by atoms with Gasteiger partial charge in [-0.15, -0.1) is 0 Å². The van der Waals surface area contributed by atoms with E-state index in [4.69, 9.17) is 31.3 Å². The van der Waals surface area contributed by atoms with Crippen LogP contribution in [-0.4, -0.2) is 28.3 Å². The standard InChI is InChI=1S/C23H22ClN3O4S/c1-30-18-9-12-23(31-2)20(13-18)22-14-21(15-3-5-16(24)6-4-15)26-27(22)17-7-10-19(11-8-17)32(25,28)29/h3-13,22H,14H2,1-2H3,(H2,25,28,29). The summed E-state index contributed by atoms with van der Waals surface area (Å²) < 4.78 is 34.4. The van der Waals surface area contributed by atoms with E-state index in [0.717, 1.165) is 22.5 Å². The van der Waals surface area contributed by atoms with Gasteiger partial charge in [-0.25, -0.2) is 13.6 Å². The molecule has 0 radical (unpaired) electrons. The van der Waals surface area contributed by atoms with Crippen molar-refractivity contribution in [1.82, 2.24) is 0 Å². The number of hydrazone groups is 1. The van der Waals surface area contributed by atoms with E-state index in [-0.39, 0.29) is 10.9 Å². The largest absolute Gasteiger partial charge is 0.497 e. The summed E-state index contributed by atoms with van der Waals surface area (Å²) in [6, 6.07) is 19.2. The third-order valence-corrected chi connectivity index (χ3v) is 6.49. The summed E-state index contributed by atoms with van der Waals surface area (Å²) >= 11 is 6.05. The highest BCUT2D eigenvalue weighted by Gasteiger charge is 2.32. The minimum Gasteiger partial charge on any atom is -0.497 e. The maximum atomic E-state index is 11.7. The van der Waals surface area contributed by atoms with Gasteiger partial charge in [0, 0.05) is 17.0 Å². The number of anilines is 1. The van der Waals surface area contributed by atoms with Gasteiger partial charge in [-0.3, -0.25) is 5.01 Å². The van der Waals surface area contributed by atoms with Gasteiger partial charge in [-0.2, -0.15) is 5.10 Å². The first kappa shape index (κ1) is 22.1.